The van der Waals surface area contributed by atoms with Crippen LogP contribution in [-0.4, -0.2) is 11.6 Å². The Morgan fingerprint density at radius 3 is 2.00 bits per heavy atom. The van der Waals surface area contributed by atoms with Gasteiger partial charge in [0.15, 0.2) is 5.82 Å². The minimum Gasteiger partial charge on any atom is -0.494 e. The van der Waals surface area contributed by atoms with Crippen LogP contribution >= 0.6 is 0 Å². The maximum absolute atomic E-state index is 13.8. The van der Waals surface area contributed by atoms with Crippen LogP contribution in [0.3, 0.4) is 0 Å². The van der Waals surface area contributed by atoms with Gasteiger partial charge in [-0.3, -0.25) is 0 Å². The summed E-state index contributed by atoms with van der Waals surface area (Å²) in [5.41, 5.74) is 2.26. The highest BCUT2D eigenvalue weighted by Crippen LogP contribution is 2.28. The standard InChI is InChI=1S/C22H20F3NO/c1-2-3-4-13-27-18-11-9-16(10-12-18)15-5-7-17(8-6-15)19-14-20(23)22(25)26-21(19)24/h5-12,14H,2-4,13H2,1H3. The van der Waals surface area contributed by atoms with Crippen LogP contribution in [0.15, 0.2) is 54.6 Å². The minimum absolute atomic E-state index is 0.0729. The first-order chi connectivity index (χ1) is 13.1. The zero-order valence-electron chi connectivity index (χ0n) is 15.0. The molecule has 2 aromatic carbocycles. The van der Waals surface area contributed by atoms with Crippen molar-refractivity contribution >= 4 is 0 Å². The molecule has 0 amide bonds. The predicted molar refractivity (Wildman–Crippen MR) is 100 cm³/mol. The summed E-state index contributed by atoms with van der Waals surface area (Å²) in [7, 11) is 0. The van der Waals surface area contributed by atoms with E-state index in [-0.39, 0.29) is 5.56 Å². The summed E-state index contributed by atoms with van der Waals surface area (Å²) in [5, 5.41) is 0. The summed E-state index contributed by atoms with van der Waals surface area (Å²) in [6, 6.07) is 15.4. The quantitative estimate of drug-likeness (QED) is 0.354. The lowest BCUT2D eigenvalue weighted by molar-refractivity contribution is 0.306. The van der Waals surface area contributed by atoms with Gasteiger partial charge in [-0.05, 0) is 41.3 Å². The van der Waals surface area contributed by atoms with Gasteiger partial charge in [0.1, 0.15) is 5.75 Å². The average molecular weight is 371 g/mol. The SMILES string of the molecule is CCCCCOc1ccc(-c2ccc(-c3cc(F)c(F)nc3F)cc2)cc1. The molecule has 0 atom stereocenters. The number of nitrogens with zero attached hydrogens (tertiary/aromatic N) is 1. The van der Waals surface area contributed by atoms with E-state index in [4.69, 9.17) is 4.74 Å². The Kier molecular flexibility index (Phi) is 6.12. The highest BCUT2D eigenvalue weighted by molar-refractivity contribution is 5.70. The fourth-order valence-electron chi connectivity index (χ4n) is 2.78. The molecular formula is C22H20F3NO. The van der Waals surface area contributed by atoms with Gasteiger partial charge >= 0.3 is 0 Å². The smallest absolute Gasteiger partial charge is 0.251 e. The highest BCUT2D eigenvalue weighted by Gasteiger charge is 2.13. The molecule has 0 saturated heterocycles. The lowest BCUT2D eigenvalue weighted by atomic mass is 10.0. The Morgan fingerprint density at radius 1 is 0.778 bits per heavy atom. The van der Waals surface area contributed by atoms with E-state index in [1.54, 1.807) is 24.3 Å². The molecule has 3 aromatic rings. The minimum atomic E-state index is -1.44. The highest BCUT2D eigenvalue weighted by atomic mass is 19.2. The molecule has 1 aromatic heterocycles. The number of pyridine rings is 1. The first-order valence-electron chi connectivity index (χ1n) is 8.93. The Balaban J connectivity index is 1.73. The third-order valence-electron chi connectivity index (χ3n) is 4.29. The zero-order valence-corrected chi connectivity index (χ0v) is 15.0. The van der Waals surface area contributed by atoms with E-state index >= 15 is 0 Å². The van der Waals surface area contributed by atoms with Crippen molar-refractivity contribution in [2.24, 2.45) is 0 Å². The summed E-state index contributed by atoms with van der Waals surface area (Å²) in [6.45, 7) is 2.85. The van der Waals surface area contributed by atoms with Crippen LogP contribution < -0.4 is 4.74 Å². The van der Waals surface area contributed by atoms with Crippen molar-refractivity contribution in [3.8, 4) is 28.0 Å². The van der Waals surface area contributed by atoms with Gasteiger partial charge in [0.2, 0.25) is 5.95 Å². The molecule has 3 rings (SSSR count). The lowest BCUT2D eigenvalue weighted by Gasteiger charge is -2.08. The fourth-order valence-corrected chi connectivity index (χ4v) is 2.78. The normalized spacial score (nSPS) is 10.8. The average Bonchev–Trinajstić information content (AvgIpc) is 2.69. The molecule has 0 saturated carbocycles. The van der Waals surface area contributed by atoms with Crippen LogP contribution in [0.1, 0.15) is 26.2 Å². The number of ether oxygens (including phenoxy) is 1. The first-order valence-corrected chi connectivity index (χ1v) is 8.93. The molecular weight excluding hydrogens is 351 g/mol. The molecule has 27 heavy (non-hydrogen) atoms. The third-order valence-corrected chi connectivity index (χ3v) is 4.29. The molecule has 0 N–H and O–H groups in total. The molecule has 140 valence electrons. The van der Waals surface area contributed by atoms with E-state index in [1.165, 1.54) is 0 Å². The summed E-state index contributed by atoms with van der Waals surface area (Å²) >= 11 is 0. The number of unbranched alkanes of at least 4 members (excludes halogenated alkanes) is 2. The van der Waals surface area contributed by atoms with E-state index in [1.807, 2.05) is 24.3 Å². The number of benzene rings is 2. The van der Waals surface area contributed by atoms with Crippen LogP contribution in [-0.2, 0) is 0 Å². The molecule has 5 heteroatoms. The Labute approximate surface area is 156 Å². The fraction of sp³-hybridized carbons (Fsp3) is 0.227. The largest absolute Gasteiger partial charge is 0.494 e. The van der Waals surface area contributed by atoms with Gasteiger partial charge in [-0.2, -0.15) is 13.8 Å². The molecule has 0 unspecified atom stereocenters. The number of aromatic nitrogens is 1. The van der Waals surface area contributed by atoms with E-state index in [9.17, 15) is 13.2 Å². The van der Waals surface area contributed by atoms with Crippen LogP contribution in [0.2, 0.25) is 0 Å². The van der Waals surface area contributed by atoms with E-state index < -0.39 is 17.7 Å². The Bertz CT molecular complexity index is 893. The zero-order chi connectivity index (χ0) is 19.2. The maximum atomic E-state index is 13.8. The number of rotatable bonds is 7. The molecule has 0 fully saturated rings. The second kappa shape index (κ2) is 8.71. The van der Waals surface area contributed by atoms with Gasteiger partial charge in [-0.25, -0.2) is 4.39 Å². The van der Waals surface area contributed by atoms with Gasteiger partial charge < -0.3 is 4.74 Å². The van der Waals surface area contributed by atoms with Crippen molar-refractivity contribution in [1.29, 1.82) is 0 Å². The van der Waals surface area contributed by atoms with Crippen LogP contribution in [0.5, 0.6) is 5.75 Å². The summed E-state index contributed by atoms with van der Waals surface area (Å²) in [6.07, 6.45) is 3.34. The first kappa shape index (κ1) is 19.0. The van der Waals surface area contributed by atoms with E-state index in [0.29, 0.717) is 12.2 Å². The van der Waals surface area contributed by atoms with Crippen molar-refractivity contribution in [3.05, 3.63) is 72.3 Å². The Hall–Kier alpha value is -2.82. The third kappa shape index (κ3) is 4.67. The van der Waals surface area contributed by atoms with Gasteiger partial charge in [0, 0.05) is 5.56 Å². The van der Waals surface area contributed by atoms with Gasteiger partial charge in [-0.1, -0.05) is 56.2 Å². The predicted octanol–water partition coefficient (Wildman–Crippen LogP) is 6.40. The summed E-state index contributed by atoms with van der Waals surface area (Å²) < 4.78 is 45.8. The monoisotopic (exact) mass is 371 g/mol. The van der Waals surface area contributed by atoms with E-state index in [2.05, 4.69) is 11.9 Å². The Morgan fingerprint density at radius 2 is 1.37 bits per heavy atom. The van der Waals surface area contributed by atoms with Gasteiger partial charge in [-0.15, -0.1) is 0 Å². The molecule has 0 aliphatic carbocycles. The van der Waals surface area contributed by atoms with E-state index in [0.717, 1.165) is 42.2 Å². The van der Waals surface area contributed by atoms with Crippen LogP contribution in [0.25, 0.3) is 22.3 Å². The summed E-state index contributed by atoms with van der Waals surface area (Å²) in [4.78, 5) is 2.95. The molecule has 1 heterocycles. The van der Waals surface area contributed by atoms with Crippen molar-refractivity contribution < 1.29 is 17.9 Å². The van der Waals surface area contributed by atoms with Crippen molar-refractivity contribution in [2.75, 3.05) is 6.61 Å². The topological polar surface area (TPSA) is 22.1 Å². The summed E-state index contributed by atoms with van der Waals surface area (Å²) in [5.74, 6) is -2.83. The van der Waals surface area contributed by atoms with Gasteiger partial charge in [0.25, 0.3) is 5.95 Å². The second-order valence-corrected chi connectivity index (χ2v) is 6.26. The number of halogens is 3. The number of hydrogen-bond acceptors (Lipinski definition) is 2. The van der Waals surface area contributed by atoms with Gasteiger partial charge in [0.05, 0.1) is 6.61 Å². The van der Waals surface area contributed by atoms with Crippen LogP contribution in [0, 0.1) is 17.7 Å². The molecule has 0 bridgehead atoms. The second-order valence-electron chi connectivity index (χ2n) is 6.26. The lowest BCUT2D eigenvalue weighted by Crippen LogP contribution is -1.97. The molecule has 0 radical (unpaired) electrons. The molecule has 0 aliphatic rings. The molecule has 0 aliphatic heterocycles. The maximum Gasteiger partial charge on any atom is 0.251 e. The van der Waals surface area contributed by atoms with Crippen molar-refractivity contribution in [1.82, 2.24) is 4.98 Å². The van der Waals surface area contributed by atoms with Crippen molar-refractivity contribution in [2.45, 2.75) is 26.2 Å². The van der Waals surface area contributed by atoms with Crippen molar-refractivity contribution in [3.63, 3.8) is 0 Å². The van der Waals surface area contributed by atoms with Crippen LogP contribution in [0.4, 0.5) is 13.2 Å². The number of hydrogen-bond donors (Lipinski definition) is 0. The molecule has 0 spiro atoms. The molecule has 2 nitrogen and oxygen atoms in total.